The molecule has 0 aliphatic rings. The van der Waals surface area contributed by atoms with Crippen molar-refractivity contribution in [1.29, 1.82) is 0 Å². The van der Waals surface area contributed by atoms with Crippen LogP contribution in [0.15, 0.2) is 54.6 Å². The number of H-pyrrole nitrogens is 1. The maximum Gasteiger partial charge on any atom is 0.272 e. The summed E-state index contributed by atoms with van der Waals surface area (Å²) in [6.45, 7) is 0.189. The van der Waals surface area contributed by atoms with Crippen molar-refractivity contribution in [2.24, 2.45) is 0 Å². The zero-order chi connectivity index (χ0) is 15.4. The monoisotopic (exact) mass is 295 g/mol. The van der Waals surface area contributed by atoms with Crippen LogP contribution in [0, 0.1) is 0 Å². The smallest absolute Gasteiger partial charge is 0.272 e. The number of aromatic amines is 1. The third-order valence-corrected chi connectivity index (χ3v) is 3.50. The molecule has 22 heavy (non-hydrogen) atoms. The highest BCUT2D eigenvalue weighted by molar-refractivity contribution is 6.04. The summed E-state index contributed by atoms with van der Waals surface area (Å²) >= 11 is 0. The molecule has 0 saturated heterocycles. The summed E-state index contributed by atoms with van der Waals surface area (Å²) in [6, 6.07) is 17.1. The van der Waals surface area contributed by atoms with E-state index in [1.807, 2.05) is 54.6 Å². The number of aromatic nitrogens is 2. The third-order valence-electron chi connectivity index (χ3n) is 3.50. The van der Waals surface area contributed by atoms with Crippen molar-refractivity contribution in [3.05, 3.63) is 65.9 Å². The first-order valence-electron chi connectivity index (χ1n) is 7.17. The van der Waals surface area contributed by atoms with Crippen LogP contribution in [0.1, 0.15) is 16.1 Å². The van der Waals surface area contributed by atoms with E-state index >= 15 is 0 Å². The lowest BCUT2D eigenvalue weighted by molar-refractivity contribution is 0.0912. The van der Waals surface area contributed by atoms with Crippen LogP contribution in [-0.2, 0) is 6.42 Å². The minimum absolute atomic E-state index is 0.189. The predicted octanol–water partition coefficient (Wildman–Crippen LogP) is 1.90. The van der Waals surface area contributed by atoms with Gasteiger partial charge in [-0.2, -0.15) is 5.10 Å². The topological polar surface area (TPSA) is 78.0 Å². The summed E-state index contributed by atoms with van der Waals surface area (Å²) in [4.78, 5) is 12.2. The molecule has 1 aromatic heterocycles. The fourth-order valence-electron chi connectivity index (χ4n) is 2.39. The molecule has 1 unspecified atom stereocenters. The van der Waals surface area contributed by atoms with E-state index in [-0.39, 0.29) is 12.5 Å². The Morgan fingerprint density at radius 1 is 1.14 bits per heavy atom. The van der Waals surface area contributed by atoms with E-state index in [2.05, 4.69) is 15.5 Å². The first kappa shape index (κ1) is 14.3. The van der Waals surface area contributed by atoms with E-state index in [4.69, 9.17) is 0 Å². The van der Waals surface area contributed by atoms with Gasteiger partial charge >= 0.3 is 0 Å². The van der Waals surface area contributed by atoms with Crippen LogP contribution in [0.3, 0.4) is 0 Å². The minimum Gasteiger partial charge on any atom is -0.391 e. The number of fused-ring (bicyclic) bond motifs is 1. The molecular weight excluding hydrogens is 278 g/mol. The third kappa shape index (κ3) is 3.15. The Hall–Kier alpha value is -2.66. The van der Waals surface area contributed by atoms with Crippen LogP contribution in [0.5, 0.6) is 0 Å². The molecular formula is C17H17N3O2. The number of para-hydroxylation sites is 1. The molecule has 0 spiro atoms. The fourth-order valence-corrected chi connectivity index (χ4v) is 2.39. The molecule has 3 rings (SSSR count). The Morgan fingerprint density at radius 2 is 1.86 bits per heavy atom. The number of nitrogens with zero attached hydrogens (tertiary/aromatic N) is 1. The van der Waals surface area contributed by atoms with Gasteiger partial charge in [-0.25, -0.2) is 0 Å². The van der Waals surface area contributed by atoms with Crippen LogP contribution in [0.2, 0.25) is 0 Å². The molecule has 0 aliphatic heterocycles. The Morgan fingerprint density at radius 3 is 2.68 bits per heavy atom. The second-order valence-electron chi connectivity index (χ2n) is 5.17. The van der Waals surface area contributed by atoms with Gasteiger partial charge in [0.15, 0.2) is 5.69 Å². The summed E-state index contributed by atoms with van der Waals surface area (Å²) in [6.07, 6.45) is -0.126. The van der Waals surface area contributed by atoms with Crippen LogP contribution in [-0.4, -0.2) is 33.9 Å². The number of aliphatic hydroxyl groups is 1. The largest absolute Gasteiger partial charge is 0.391 e. The van der Waals surface area contributed by atoms with Crippen molar-refractivity contribution in [3.63, 3.8) is 0 Å². The number of rotatable bonds is 5. The van der Waals surface area contributed by atoms with Crippen molar-refractivity contribution < 1.29 is 9.90 Å². The van der Waals surface area contributed by atoms with Gasteiger partial charge in [-0.1, -0.05) is 48.5 Å². The molecule has 1 amide bonds. The molecule has 1 atom stereocenters. The molecule has 3 aromatic rings. The van der Waals surface area contributed by atoms with Gasteiger partial charge in [0.2, 0.25) is 0 Å². The summed E-state index contributed by atoms with van der Waals surface area (Å²) < 4.78 is 0. The predicted molar refractivity (Wildman–Crippen MR) is 84.6 cm³/mol. The van der Waals surface area contributed by atoms with Crippen LogP contribution in [0.4, 0.5) is 0 Å². The molecule has 0 radical (unpaired) electrons. The lowest BCUT2D eigenvalue weighted by Crippen LogP contribution is -2.33. The molecule has 0 bridgehead atoms. The second kappa shape index (κ2) is 6.41. The van der Waals surface area contributed by atoms with Crippen molar-refractivity contribution in [3.8, 4) is 0 Å². The maximum absolute atomic E-state index is 12.2. The Kier molecular flexibility index (Phi) is 4.16. The van der Waals surface area contributed by atoms with E-state index in [0.717, 1.165) is 16.5 Å². The highest BCUT2D eigenvalue weighted by Gasteiger charge is 2.15. The van der Waals surface area contributed by atoms with Gasteiger partial charge in [-0.15, -0.1) is 0 Å². The Balaban J connectivity index is 1.60. The van der Waals surface area contributed by atoms with Gasteiger partial charge in [0.25, 0.3) is 5.91 Å². The van der Waals surface area contributed by atoms with Crippen LogP contribution < -0.4 is 5.32 Å². The van der Waals surface area contributed by atoms with Gasteiger partial charge in [-0.3, -0.25) is 9.89 Å². The van der Waals surface area contributed by atoms with Gasteiger partial charge in [-0.05, 0) is 11.6 Å². The lowest BCUT2D eigenvalue weighted by atomic mass is 10.1. The molecule has 0 aliphatic carbocycles. The number of carbonyl (C=O) groups excluding carboxylic acids is 1. The van der Waals surface area contributed by atoms with Crippen molar-refractivity contribution >= 4 is 16.8 Å². The average Bonchev–Trinajstić information content (AvgIpc) is 2.98. The van der Waals surface area contributed by atoms with Crippen molar-refractivity contribution in [2.75, 3.05) is 6.54 Å². The number of benzene rings is 2. The highest BCUT2D eigenvalue weighted by Crippen LogP contribution is 2.14. The SMILES string of the molecule is O=C(NCC(O)Cc1ccccc1)c1n[nH]c2ccccc12. The van der Waals surface area contributed by atoms with Gasteiger partial charge in [0, 0.05) is 18.4 Å². The standard InChI is InChI=1S/C17H17N3O2/c21-13(10-12-6-2-1-3-7-12)11-18-17(22)16-14-8-4-5-9-15(14)19-20-16/h1-9,13,21H,10-11H2,(H,18,22)(H,19,20). The van der Waals surface area contributed by atoms with E-state index in [0.29, 0.717) is 12.1 Å². The van der Waals surface area contributed by atoms with Crippen molar-refractivity contribution in [1.82, 2.24) is 15.5 Å². The normalized spacial score (nSPS) is 12.2. The van der Waals surface area contributed by atoms with E-state index in [1.54, 1.807) is 0 Å². The lowest BCUT2D eigenvalue weighted by Gasteiger charge is -2.11. The number of aliphatic hydroxyl groups excluding tert-OH is 1. The number of hydrogen-bond donors (Lipinski definition) is 3. The Bertz CT molecular complexity index is 768. The molecule has 1 heterocycles. The average molecular weight is 295 g/mol. The van der Waals surface area contributed by atoms with E-state index in [9.17, 15) is 9.90 Å². The molecule has 0 fully saturated rings. The zero-order valence-electron chi connectivity index (χ0n) is 12.0. The summed E-state index contributed by atoms with van der Waals surface area (Å²) in [5.41, 5.74) is 2.20. The van der Waals surface area contributed by atoms with Gasteiger partial charge in [0.1, 0.15) is 0 Å². The zero-order valence-corrected chi connectivity index (χ0v) is 12.0. The molecule has 5 heteroatoms. The second-order valence-corrected chi connectivity index (χ2v) is 5.17. The van der Waals surface area contributed by atoms with E-state index in [1.165, 1.54) is 0 Å². The molecule has 5 nitrogen and oxygen atoms in total. The quantitative estimate of drug-likeness (QED) is 0.672. The highest BCUT2D eigenvalue weighted by atomic mass is 16.3. The van der Waals surface area contributed by atoms with Crippen LogP contribution >= 0.6 is 0 Å². The maximum atomic E-state index is 12.2. The van der Waals surface area contributed by atoms with E-state index < -0.39 is 6.10 Å². The molecule has 2 aromatic carbocycles. The molecule has 3 N–H and O–H groups in total. The number of nitrogens with one attached hydrogen (secondary N) is 2. The first-order valence-corrected chi connectivity index (χ1v) is 7.17. The first-order chi connectivity index (χ1) is 10.7. The number of amides is 1. The molecule has 112 valence electrons. The van der Waals surface area contributed by atoms with Gasteiger partial charge < -0.3 is 10.4 Å². The molecule has 0 saturated carbocycles. The number of hydrogen-bond acceptors (Lipinski definition) is 3. The summed E-state index contributed by atoms with van der Waals surface area (Å²) in [5.74, 6) is -0.287. The minimum atomic E-state index is -0.628. The Labute approximate surface area is 128 Å². The van der Waals surface area contributed by atoms with Gasteiger partial charge in [0.05, 0.1) is 11.6 Å². The summed E-state index contributed by atoms with van der Waals surface area (Å²) in [7, 11) is 0. The van der Waals surface area contributed by atoms with Crippen molar-refractivity contribution in [2.45, 2.75) is 12.5 Å². The summed E-state index contributed by atoms with van der Waals surface area (Å²) in [5, 5.41) is 20.4. The van der Waals surface area contributed by atoms with Crippen LogP contribution in [0.25, 0.3) is 10.9 Å². The number of carbonyl (C=O) groups is 1. The fraction of sp³-hybridized carbons (Fsp3) is 0.176.